The van der Waals surface area contributed by atoms with Crippen LogP contribution in [-0.2, 0) is 11.2 Å². The van der Waals surface area contributed by atoms with Gasteiger partial charge in [0.2, 0.25) is 0 Å². The van der Waals surface area contributed by atoms with Crippen LogP contribution in [-0.4, -0.2) is 25.3 Å². The van der Waals surface area contributed by atoms with Gasteiger partial charge in [0, 0.05) is 17.6 Å². The Hall–Kier alpha value is -0.380. The summed E-state index contributed by atoms with van der Waals surface area (Å²) in [5.74, 6) is 0. The Kier molecular flexibility index (Phi) is 6.06. The molecule has 1 atom stereocenters. The Morgan fingerprint density at radius 2 is 1.85 bits per heavy atom. The van der Waals surface area contributed by atoms with E-state index in [1.54, 1.807) is 0 Å². The number of likely N-dealkylation sites (N-methyl/N-ethyl adjacent to an activating group) is 1. The highest BCUT2D eigenvalue weighted by molar-refractivity contribution is 9.10. The molecule has 0 heterocycles. The first kappa shape index (κ1) is 16.0. The quantitative estimate of drug-likeness (QED) is 0.833. The van der Waals surface area contributed by atoms with Crippen molar-refractivity contribution in [2.75, 3.05) is 13.7 Å². The number of hydrogen-bond donors (Lipinski definition) is 1. The minimum atomic E-state index is 0.0152. The van der Waals surface area contributed by atoms with Crippen molar-refractivity contribution in [3.05, 3.63) is 34.3 Å². The molecule has 2 rings (SSSR count). The summed E-state index contributed by atoms with van der Waals surface area (Å²) in [6.07, 6.45) is 7.32. The van der Waals surface area contributed by atoms with E-state index in [4.69, 9.17) is 4.74 Å². The van der Waals surface area contributed by atoms with E-state index in [0.29, 0.717) is 6.04 Å². The number of rotatable bonds is 6. The number of hydrogen-bond acceptors (Lipinski definition) is 2. The predicted molar refractivity (Wildman–Crippen MR) is 88.1 cm³/mol. The van der Waals surface area contributed by atoms with Crippen LogP contribution in [0.25, 0.3) is 0 Å². The maximum atomic E-state index is 6.02. The van der Waals surface area contributed by atoms with E-state index in [1.165, 1.54) is 37.7 Å². The Bertz CT molecular complexity index is 398. The van der Waals surface area contributed by atoms with Crippen LogP contribution in [0.3, 0.4) is 0 Å². The molecule has 1 aromatic carbocycles. The average molecular weight is 340 g/mol. The zero-order valence-corrected chi connectivity index (χ0v) is 14.2. The van der Waals surface area contributed by atoms with Gasteiger partial charge in [-0.25, -0.2) is 0 Å². The summed E-state index contributed by atoms with van der Waals surface area (Å²) in [5.41, 5.74) is 1.39. The number of methoxy groups -OCH3 is 1. The molecule has 0 radical (unpaired) electrons. The Balaban J connectivity index is 2.14. The lowest BCUT2D eigenvalue weighted by Crippen LogP contribution is -2.54. The van der Waals surface area contributed by atoms with Gasteiger partial charge in [-0.05, 0) is 43.5 Å². The molecule has 0 aromatic heterocycles. The third-order valence-corrected chi connectivity index (χ3v) is 5.07. The molecule has 1 aromatic rings. The van der Waals surface area contributed by atoms with Crippen molar-refractivity contribution in [1.29, 1.82) is 0 Å². The van der Waals surface area contributed by atoms with Crippen LogP contribution in [0.1, 0.15) is 44.6 Å². The summed E-state index contributed by atoms with van der Waals surface area (Å²) >= 11 is 3.50. The highest BCUT2D eigenvalue weighted by atomic mass is 79.9. The van der Waals surface area contributed by atoms with Crippen LogP contribution < -0.4 is 5.32 Å². The van der Waals surface area contributed by atoms with Gasteiger partial charge in [0.25, 0.3) is 0 Å². The van der Waals surface area contributed by atoms with Crippen LogP contribution in [0.15, 0.2) is 28.7 Å². The summed E-state index contributed by atoms with van der Waals surface area (Å²) in [5, 5.41) is 3.67. The zero-order chi connectivity index (χ0) is 14.4. The Morgan fingerprint density at radius 1 is 1.20 bits per heavy atom. The molecule has 0 saturated heterocycles. The molecule has 1 N–H and O–H groups in total. The van der Waals surface area contributed by atoms with Gasteiger partial charge in [-0.15, -0.1) is 0 Å². The molecule has 0 spiro atoms. The molecule has 1 unspecified atom stereocenters. The Labute approximate surface area is 131 Å². The lowest BCUT2D eigenvalue weighted by atomic mass is 9.77. The van der Waals surface area contributed by atoms with E-state index in [2.05, 4.69) is 52.4 Å². The summed E-state index contributed by atoms with van der Waals surface area (Å²) in [6, 6.07) is 9.07. The van der Waals surface area contributed by atoms with Crippen molar-refractivity contribution < 1.29 is 4.74 Å². The predicted octanol–water partition coefficient (Wildman–Crippen LogP) is 4.32. The molecular formula is C17H26BrNO. The maximum Gasteiger partial charge on any atom is 0.0834 e. The normalized spacial score (nSPS) is 19.8. The van der Waals surface area contributed by atoms with Gasteiger partial charge in [-0.1, -0.05) is 54.2 Å². The monoisotopic (exact) mass is 339 g/mol. The van der Waals surface area contributed by atoms with E-state index >= 15 is 0 Å². The fourth-order valence-electron chi connectivity index (χ4n) is 3.39. The van der Waals surface area contributed by atoms with Gasteiger partial charge in [-0.3, -0.25) is 0 Å². The van der Waals surface area contributed by atoms with Gasteiger partial charge >= 0.3 is 0 Å². The molecule has 3 heteroatoms. The highest BCUT2D eigenvalue weighted by Crippen LogP contribution is 2.35. The first-order valence-electron chi connectivity index (χ1n) is 7.73. The molecule has 1 fully saturated rings. The van der Waals surface area contributed by atoms with Crippen LogP contribution in [0.2, 0.25) is 0 Å². The van der Waals surface area contributed by atoms with Crippen molar-refractivity contribution in [2.24, 2.45) is 0 Å². The molecule has 1 aliphatic rings. The SMILES string of the molecule is CCNC(Cc1ccc(Br)cc1)C1(OC)CCCCC1. The summed E-state index contributed by atoms with van der Waals surface area (Å²) in [7, 11) is 1.89. The van der Waals surface area contributed by atoms with E-state index in [0.717, 1.165) is 17.4 Å². The summed E-state index contributed by atoms with van der Waals surface area (Å²) < 4.78 is 7.16. The largest absolute Gasteiger partial charge is 0.377 e. The summed E-state index contributed by atoms with van der Waals surface area (Å²) in [4.78, 5) is 0. The average Bonchev–Trinajstić information content (AvgIpc) is 2.49. The van der Waals surface area contributed by atoms with E-state index in [9.17, 15) is 0 Å². The van der Waals surface area contributed by atoms with Crippen LogP contribution in [0.4, 0.5) is 0 Å². The second-order valence-corrected chi connectivity index (χ2v) is 6.69. The lowest BCUT2D eigenvalue weighted by Gasteiger charge is -2.43. The second kappa shape index (κ2) is 7.58. The van der Waals surface area contributed by atoms with Crippen molar-refractivity contribution in [1.82, 2.24) is 5.32 Å². The number of halogens is 1. The highest BCUT2D eigenvalue weighted by Gasteiger charge is 2.39. The molecular weight excluding hydrogens is 314 g/mol. The van der Waals surface area contributed by atoms with Crippen molar-refractivity contribution >= 4 is 15.9 Å². The number of ether oxygens (including phenoxy) is 1. The van der Waals surface area contributed by atoms with E-state index in [1.807, 2.05) is 7.11 Å². The van der Waals surface area contributed by atoms with E-state index in [-0.39, 0.29) is 5.60 Å². The first-order valence-corrected chi connectivity index (χ1v) is 8.52. The third-order valence-electron chi connectivity index (χ3n) is 4.55. The standard InChI is InChI=1S/C17H26BrNO/c1-3-19-16(13-14-7-9-15(18)10-8-14)17(20-2)11-5-4-6-12-17/h7-10,16,19H,3-6,11-13H2,1-2H3. The lowest BCUT2D eigenvalue weighted by molar-refractivity contribution is -0.0669. The van der Waals surface area contributed by atoms with Gasteiger partial charge < -0.3 is 10.1 Å². The topological polar surface area (TPSA) is 21.3 Å². The molecule has 112 valence electrons. The third kappa shape index (κ3) is 3.84. The molecule has 1 aliphatic carbocycles. The fourth-order valence-corrected chi connectivity index (χ4v) is 3.66. The molecule has 0 aliphatic heterocycles. The Morgan fingerprint density at radius 3 is 2.40 bits per heavy atom. The first-order chi connectivity index (χ1) is 9.70. The van der Waals surface area contributed by atoms with Crippen LogP contribution in [0.5, 0.6) is 0 Å². The van der Waals surface area contributed by atoms with Crippen LogP contribution in [0, 0.1) is 0 Å². The van der Waals surface area contributed by atoms with Crippen molar-refractivity contribution in [2.45, 2.75) is 57.1 Å². The molecule has 20 heavy (non-hydrogen) atoms. The molecule has 2 nitrogen and oxygen atoms in total. The minimum absolute atomic E-state index is 0.0152. The van der Waals surface area contributed by atoms with Gasteiger partial charge in [0.05, 0.1) is 5.60 Å². The molecule has 0 amide bonds. The molecule has 1 saturated carbocycles. The molecule has 0 bridgehead atoms. The van der Waals surface area contributed by atoms with Gasteiger partial charge in [0.1, 0.15) is 0 Å². The summed E-state index contributed by atoms with van der Waals surface area (Å²) in [6.45, 7) is 3.17. The zero-order valence-electron chi connectivity index (χ0n) is 12.6. The smallest absolute Gasteiger partial charge is 0.0834 e. The van der Waals surface area contributed by atoms with Crippen molar-refractivity contribution in [3.8, 4) is 0 Å². The van der Waals surface area contributed by atoms with Gasteiger partial charge in [-0.2, -0.15) is 0 Å². The van der Waals surface area contributed by atoms with Crippen LogP contribution >= 0.6 is 15.9 Å². The minimum Gasteiger partial charge on any atom is -0.377 e. The fraction of sp³-hybridized carbons (Fsp3) is 0.647. The van der Waals surface area contributed by atoms with Crippen molar-refractivity contribution in [3.63, 3.8) is 0 Å². The van der Waals surface area contributed by atoms with Gasteiger partial charge in [0.15, 0.2) is 0 Å². The number of benzene rings is 1. The maximum absolute atomic E-state index is 6.02. The second-order valence-electron chi connectivity index (χ2n) is 5.77. The number of nitrogens with one attached hydrogen (secondary N) is 1. The van der Waals surface area contributed by atoms with E-state index < -0.39 is 0 Å².